The highest BCUT2D eigenvalue weighted by Gasteiger charge is 2.25. The number of hydrogen-bond acceptors (Lipinski definition) is 7. The van der Waals surface area contributed by atoms with Gasteiger partial charge in [0.15, 0.2) is 0 Å². The second-order valence-corrected chi connectivity index (χ2v) is 9.98. The average Bonchev–Trinajstić information content (AvgIpc) is 2.83. The van der Waals surface area contributed by atoms with Crippen LogP contribution in [0.4, 0.5) is 10.5 Å². The van der Waals surface area contributed by atoms with E-state index in [4.69, 9.17) is 4.74 Å². The molecule has 0 radical (unpaired) electrons. The fraction of sp³-hybridized carbons (Fsp3) is 0.423. The Morgan fingerprint density at radius 3 is 2.72 bits per heavy atom. The van der Waals surface area contributed by atoms with E-state index in [1.807, 2.05) is 39.8 Å². The van der Waals surface area contributed by atoms with Crippen molar-refractivity contribution in [1.29, 1.82) is 0 Å². The average molecular weight is 493 g/mol. The van der Waals surface area contributed by atoms with Gasteiger partial charge in [0.1, 0.15) is 16.9 Å². The summed E-state index contributed by atoms with van der Waals surface area (Å²) in [6.45, 7) is 8.88. The standard InChI is InChI=1S/C26H32N6O4/c1-17(28-24(34)21-14-23(33)32-13-6-5-9-22(32)30-21)20-11-10-19(15-27-20)31-12-7-8-18(16-31)29-25(35)36-26(2,3)4/h5-6,9-11,13-15,17-18H,7-8,12,16H2,1-4H3,(H,28,34)(H,29,35)/t17?,18-/m1/s1. The van der Waals surface area contributed by atoms with E-state index in [1.54, 1.807) is 30.6 Å². The monoisotopic (exact) mass is 492 g/mol. The van der Waals surface area contributed by atoms with Gasteiger partial charge < -0.3 is 20.3 Å². The van der Waals surface area contributed by atoms with Crippen LogP contribution in [0.2, 0.25) is 0 Å². The first-order valence-electron chi connectivity index (χ1n) is 12.1. The van der Waals surface area contributed by atoms with E-state index in [9.17, 15) is 14.4 Å². The highest BCUT2D eigenvalue weighted by Crippen LogP contribution is 2.21. The lowest BCUT2D eigenvalue weighted by Crippen LogP contribution is -2.49. The third-order valence-electron chi connectivity index (χ3n) is 5.87. The van der Waals surface area contributed by atoms with Gasteiger partial charge in [0, 0.05) is 31.4 Å². The summed E-state index contributed by atoms with van der Waals surface area (Å²) in [4.78, 5) is 48.2. The first kappa shape index (κ1) is 25.2. The third-order valence-corrected chi connectivity index (χ3v) is 5.87. The van der Waals surface area contributed by atoms with Crippen molar-refractivity contribution in [1.82, 2.24) is 25.0 Å². The molecule has 2 amide bonds. The summed E-state index contributed by atoms with van der Waals surface area (Å²) < 4.78 is 6.76. The Balaban J connectivity index is 1.37. The fourth-order valence-electron chi connectivity index (χ4n) is 4.16. The van der Waals surface area contributed by atoms with Gasteiger partial charge in [0.05, 0.1) is 23.6 Å². The van der Waals surface area contributed by atoms with Crippen LogP contribution in [0.5, 0.6) is 0 Å². The number of amides is 2. The molecule has 1 saturated heterocycles. The summed E-state index contributed by atoms with van der Waals surface area (Å²) in [6, 6.07) is 9.83. The van der Waals surface area contributed by atoms with E-state index < -0.39 is 17.6 Å². The number of rotatable bonds is 5. The molecule has 0 spiro atoms. The van der Waals surface area contributed by atoms with Gasteiger partial charge in [-0.05, 0) is 64.8 Å². The number of aromatic nitrogens is 3. The molecule has 1 aliphatic rings. The first-order chi connectivity index (χ1) is 17.1. The smallest absolute Gasteiger partial charge is 0.407 e. The van der Waals surface area contributed by atoms with E-state index in [-0.39, 0.29) is 23.3 Å². The van der Waals surface area contributed by atoms with Gasteiger partial charge >= 0.3 is 6.09 Å². The summed E-state index contributed by atoms with van der Waals surface area (Å²) in [7, 11) is 0. The minimum Gasteiger partial charge on any atom is -0.444 e. The molecule has 2 N–H and O–H groups in total. The molecule has 1 unspecified atom stereocenters. The molecule has 0 aromatic carbocycles. The summed E-state index contributed by atoms with van der Waals surface area (Å²) >= 11 is 0. The molecule has 10 nitrogen and oxygen atoms in total. The van der Waals surface area contributed by atoms with E-state index in [0.29, 0.717) is 17.9 Å². The lowest BCUT2D eigenvalue weighted by Gasteiger charge is -2.35. The summed E-state index contributed by atoms with van der Waals surface area (Å²) in [5.41, 5.74) is 1.24. The third kappa shape index (κ3) is 6.18. The Morgan fingerprint density at radius 2 is 2.00 bits per heavy atom. The van der Waals surface area contributed by atoms with Crippen LogP contribution in [0.25, 0.3) is 5.65 Å². The Morgan fingerprint density at radius 1 is 1.19 bits per heavy atom. The topological polar surface area (TPSA) is 118 Å². The van der Waals surface area contributed by atoms with Gasteiger partial charge in [0.25, 0.3) is 11.5 Å². The van der Waals surface area contributed by atoms with Crippen molar-refractivity contribution in [3.8, 4) is 0 Å². The van der Waals surface area contributed by atoms with Gasteiger partial charge in [-0.2, -0.15) is 0 Å². The molecule has 0 aliphatic carbocycles. The predicted octanol–water partition coefficient (Wildman–Crippen LogP) is 3.07. The number of nitrogens with one attached hydrogen (secondary N) is 2. The van der Waals surface area contributed by atoms with E-state index >= 15 is 0 Å². The number of pyridine rings is 2. The minimum absolute atomic E-state index is 0.00925. The predicted molar refractivity (Wildman–Crippen MR) is 136 cm³/mol. The largest absolute Gasteiger partial charge is 0.444 e. The molecule has 1 fully saturated rings. The van der Waals surface area contributed by atoms with Crippen molar-refractivity contribution in [2.24, 2.45) is 0 Å². The van der Waals surface area contributed by atoms with Gasteiger partial charge in [-0.3, -0.25) is 19.0 Å². The van der Waals surface area contributed by atoms with Crippen molar-refractivity contribution in [3.05, 3.63) is 70.5 Å². The SMILES string of the molecule is CC(NC(=O)c1cc(=O)n2ccccc2n1)c1ccc(N2CCC[C@@H](NC(=O)OC(C)(C)C)C2)cn1. The minimum atomic E-state index is -0.537. The molecule has 190 valence electrons. The van der Waals surface area contributed by atoms with Crippen molar-refractivity contribution in [2.45, 2.75) is 58.2 Å². The number of hydrogen-bond donors (Lipinski definition) is 2. The number of alkyl carbamates (subject to hydrolysis) is 1. The van der Waals surface area contributed by atoms with Crippen LogP contribution in [0.3, 0.4) is 0 Å². The van der Waals surface area contributed by atoms with Crippen molar-refractivity contribution in [2.75, 3.05) is 18.0 Å². The normalized spacial score (nSPS) is 16.9. The molecule has 0 saturated carbocycles. The lowest BCUT2D eigenvalue weighted by atomic mass is 10.1. The van der Waals surface area contributed by atoms with E-state index in [0.717, 1.165) is 25.1 Å². The zero-order chi connectivity index (χ0) is 25.9. The lowest BCUT2D eigenvalue weighted by molar-refractivity contribution is 0.0499. The molecule has 3 aromatic heterocycles. The summed E-state index contributed by atoms with van der Waals surface area (Å²) in [5, 5.41) is 5.82. The second kappa shape index (κ2) is 10.3. The number of nitrogens with zero attached hydrogens (tertiary/aromatic N) is 4. The quantitative estimate of drug-likeness (QED) is 0.562. The van der Waals surface area contributed by atoms with Crippen LogP contribution in [-0.4, -0.2) is 51.1 Å². The highest BCUT2D eigenvalue weighted by molar-refractivity contribution is 5.92. The summed E-state index contributed by atoms with van der Waals surface area (Å²) in [5.74, 6) is -0.441. The van der Waals surface area contributed by atoms with Crippen LogP contribution >= 0.6 is 0 Å². The van der Waals surface area contributed by atoms with E-state index in [2.05, 4.69) is 25.5 Å². The molecule has 0 bridgehead atoms. The molecular formula is C26H32N6O4. The fourth-order valence-corrected chi connectivity index (χ4v) is 4.16. The van der Waals surface area contributed by atoms with Crippen molar-refractivity contribution >= 4 is 23.3 Å². The van der Waals surface area contributed by atoms with Gasteiger partial charge in [-0.1, -0.05) is 6.07 Å². The molecule has 1 aliphatic heterocycles. The Bertz CT molecular complexity index is 1300. The zero-order valence-electron chi connectivity index (χ0n) is 21.0. The Labute approximate surface area is 209 Å². The molecule has 3 aromatic rings. The molecular weight excluding hydrogens is 460 g/mol. The van der Waals surface area contributed by atoms with Crippen LogP contribution < -0.4 is 21.1 Å². The van der Waals surface area contributed by atoms with Crippen LogP contribution in [-0.2, 0) is 4.74 Å². The number of carbonyl (C=O) groups is 2. The van der Waals surface area contributed by atoms with Crippen LogP contribution in [0.15, 0.2) is 53.6 Å². The van der Waals surface area contributed by atoms with Gasteiger partial charge in [0.2, 0.25) is 0 Å². The molecule has 4 heterocycles. The number of anilines is 1. The second-order valence-electron chi connectivity index (χ2n) is 9.98. The number of fused-ring (bicyclic) bond motifs is 1. The number of carbonyl (C=O) groups excluding carboxylic acids is 2. The number of piperidine rings is 1. The van der Waals surface area contributed by atoms with Crippen molar-refractivity contribution in [3.63, 3.8) is 0 Å². The maximum absolute atomic E-state index is 12.7. The molecule has 36 heavy (non-hydrogen) atoms. The highest BCUT2D eigenvalue weighted by atomic mass is 16.6. The summed E-state index contributed by atoms with van der Waals surface area (Å²) in [6.07, 6.45) is 4.80. The zero-order valence-corrected chi connectivity index (χ0v) is 21.0. The Kier molecular flexibility index (Phi) is 7.23. The first-order valence-corrected chi connectivity index (χ1v) is 12.1. The van der Waals surface area contributed by atoms with Gasteiger partial charge in [-0.25, -0.2) is 9.78 Å². The van der Waals surface area contributed by atoms with Crippen LogP contribution in [0.1, 0.15) is 62.8 Å². The van der Waals surface area contributed by atoms with Gasteiger partial charge in [-0.15, -0.1) is 0 Å². The van der Waals surface area contributed by atoms with Crippen LogP contribution in [0, 0.1) is 0 Å². The molecule has 10 heteroatoms. The molecule has 4 rings (SSSR count). The maximum Gasteiger partial charge on any atom is 0.407 e. The van der Waals surface area contributed by atoms with E-state index in [1.165, 1.54) is 10.5 Å². The number of ether oxygens (including phenoxy) is 1. The molecule has 2 atom stereocenters. The van der Waals surface area contributed by atoms with Crippen molar-refractivity contribution < 1.29 is 14.3 Å². The maximum atomic E-state index is 12.7. The Hall–Kier alpha value is -3.95.